The van der Waals surface area contributed by atoms with Gasteiger partial charge in [0.25, 0.3) is 5.91 Å². The maximum absolute atomic E-state index is 12.5. The second-order valence-corrected chi connectivity index (χ2v) is 6.08. The van der Waals surface area contributed by atoms with Gasteiger partial charge in [0, 0.05) is 19.1 Å². The number of carbonyl (C=O) groups excluding carboxylic acids is 2. The van der Waals surface area contributed by atoms with Crippen LogP contribution in [0.4, 0.5) is 4.79 Å². The average molecular weight is 362 g/mol. The summed E-state index contributed by atoms with van der Waals surface area (Å²) >= 11 is 5.85. The molecule has 25 heavy (non-hydrogen) atoms. The number of benzene rings is 1. The molecule has 8 nitrogen and oxygen atoms in total. The Labute approximate surface area is 150 Å². The average Bonchev–Trinajstić information content (AvgIpc) is 2.98. The first-order valence-electron chi connectivity index (χ1n) is 7.76. The topological polar surface area (TPSA) is 80.4 Å². The Morgan fingerprint density at radius 1 is 1.28 bits per heavy atom. The summed E-state index contributed by atoms with van der Waals surface area (Å²) in [5.74, 6) is 0.525. The van der Waals surface area contributed by atoms with Gasteiger partial charge in [0.1, 0.15) is 0 Å². The predicted molar refractivity (Wildman–Crippen MR) is 95.1 cm³/mol. The number of halogens is 1. The molecule has 9 heteroatoms. The third-order valence-corrected chi connectivity index (χ3v) is 4.37. The van der Waals surface area contributed by atoms with Gasteiger partial charge < -0.3 is 0 Å². The second kappa shape index (κ2) is 6.64. The molecule has 130 valence electrons. The number of hydrogen-bond donors (Lipinski definition) is 1. The molecule has 3 rings (SSSR count). The summed E-state index contributed by atoms with van der Waals surface area (Å²) < 4.78 is 1.77. The number of nitrogens with zero attached hydrogens (tertiary/aromatic N) is 5. The highest BCUT2D eigenvalue weighted by atomic mass is 35.5. The number of carbonyl (C=O) groups is 2. The standard InChI is InChI=1S/C16H17ClN6O2/c1-4-23-12-13(21(2)16(25)22(3)14(12)24)19-15(23)20-18-9-10-5-7-11(17)8-6-10/h5-9,12H,4H2,1-3H3/p+1/b18-9+. The van der Waals surface area contributed by atoms with E-state index in [2.05, 4.69) is 15.5 Å². The zero-order valence-electron chi connectivity index (χ0n) is 14.1. The Morgan fingerprint density at radius 3 is 2.60 bits per heavy atom. The summed E-state index contributed by atoms with van der Waals surface area (Å²) in [5, 5.41) is 4.82. The Morgan fingerprint density at radius 2 is 1.96 bits per heavy atom. The SMILES string of the molecule is CC[N+]1=C(N/N=C/c2ccc(Cl)cc2)N=C2C1C(=O)N(C)C(=O)N2C. The quantitative estimate of drug-likeness (QED) is 0.494. The van der Waals surface area contributed by atoms with Crippen molar-refractivity contribution in [2.24, 2.45) is 10.1 Å². The van der Waals surface area contributed by atoms with Gasteiger partial charge in [-0.1, -0.05) is 28.7 Å². The van der Waals surface area contributed by atoms with Crippen LogP contribution in [0.2, 0.25) is 5.02 Å². The lowest BCUT2D eigenvalue weighted by molar-refractivity contribution is -0.533. The van der Waals surface area contributed by atoms with E-state index in [0.29, 0.717) is 23.4 Å². The minimum Gasteiger partial charge on any atom is -0.270 e. The third kappa shape index (κ3) is 3.00. The molecule has 2 aliphatic heterocycles. The number of fused-ring (bicyclic) bond motifs is 1. The first-order valence-corrected chi connectivity index (χ1v) is 8.14. The molecule has 1 fully saturated rings. The van der Waals surface area contributed by atoms with Gasteiger partial charge in [0.15, 0.2) is 0 Å². The number of nitrogens with one attached hydrogen (secondary N) is 1. The minimum atomic E-state index is -0.620. The molecule has 0 aliphatic carbocycles. The Bertz CT molecular complexity index is 814. The smallest absolute Gasteiger partial charge is 0.270 e. The molecule has 1 N–H and O–H groups in total. The molecule has 2 heterocycles. The minimum absolute atomic E-state index is 0.304. The Balaban J connectivity index is 1.84. The number of urea groups is 1. The van der Waals surface area contributed by atoms with Crippen molar-refractivity contribution in [1.82, 2.24) is 15.2 Å². The second-order valence-electron chi connectivity index (χ2n) is 5.64. The lowest BCUT2D eigenvalue weighted by Crippen LogP contribution is -2.61. The summed E-state index contributed by atoms with van der Waals surface area (Å²) in [6.45, 7) is 2.45. The lowest BCUT2D eigenvalue weighted by atomic mass is 10.1. The number of hydrazone groups is 1. The van der Waals surface area contributed by atoms with Gasteiger partial charge in [-0.2, -0.15) is 5.43 Å². The summed E-state index contributed by atoms with van der Waals surface area (Å²) in [7, 11) is 3.07. The summed E-state index contributed by atoms with van der Waals surface area (Å²) in [6, 6.07) is 6.19. The van der Waals surface area contributed by atoms with Crippen LogP contribution < -0.4 is 5.43 Å². The van der Waals surface area contributed by atoms with Gasteiger partial charge in [0.05, 0.1) is 12.8 Å². The molecule has 0 radical (unpaired) electrons. The normalized spacial score (nSPS) is 20.5. The number of hydrogen-bond acceptors (Lipinski definition) is 5. The van der Waals surface area contributed by atoms with Crippen molar-refractivity contribution in [3.8, 4) is 0 Å². The molecule has 1 saturated heterocycles. The van der Waals surface area contributed by atoms with Gasteiger partial charge >= 0.3 is 12.0 Å². The van der Waals surface area contributed by atoms with Crippen molar-refractivity contribution < 1.29 is 14.2 Å². The maximum atomic E-state index is 12.5. The van der Waals surface area contributed by atoms with E-state index in [1.54, 1.807) is 30.0 Å². The number of imide groups is 1. The molecule has 0 aromatic heterocycles. The van der Waals surface area contributed by atoms with E-state index < -0.39 is 12.1 Å². The van der Waals surface area contributed by atoms with E-state index >= 15 is 0 Å². The van der Waals surface area contributed by atoms with Crippen LogP contribution >= 0.6 is 11.6 Å². The van der Waals surface area contributed by atoms with Crippen molar-refractivity contribution in [2.75, 3.05) is 20.6 Å². The van der Waals surface area contributed by atoms with Crippen LogP contribution in [0, 0.1) is 0 Å². The Hall–Kier alpha value is -2.74. The third-order valence-electron chi connectivity index (χ3n) is 4.12. The van der Waals surface area contributed by atoms with Crippen molar-refractivity contribution in [3.63, 3.8) is 0 Å². The molecule has 1 unspecified atom stereocenters. The van der Waals surface area contributed by atoms with Crippen molar-refractivity contribution >= 4 is 41.5 Å². The van der Waals surface area contributed by atoms with E-state index in [9.17, 15) is 9.59 Å². The van der Waals surface area contributed by atoms with Gasteiger partial charge in [-0.15, -0.1) is 5.10 Å². The molecule has 2 aliphatic rings. The van der Waals surface area contributed by atoms with Crippen LogP contribution in [0.1, 0.15) is 12.5 Å². The molecule has 1 aromatic rings. The molecule has 0 saturated carbocycles. The summed E-state index contributed by atoms with van der Waals surface area (Å²) in [5.41, 5.74) is 3.72. The highest BCUT2D eigenvalue weighted by Crippen LogP contribution is 2.18. The molecule has 0 spiro atoms. The fraction of sp³-hybridized carbons (Fsp3) is 0.312. The highest BCUT2D eigenvalue weighted by Gasteiger charge is 2.50. The number of guanidine groups is 1. The molecule has 1 atom stereocenters. The van der Waals surface area contributed by atoms with E-state index in [0.717, 1.165) is 10.5 Å². The number of likely N-dealkylation sites (N-methyl/N-ethyl adjacent to an activating group) is 3. The van der Waals surface area contributed by atoms with Crippen LogP contribution in [0.5, 0.6) is 0 Å². The predicted octanol–water partition coefficient (Wildman–Crippen LogP) is 0.956. The zero-order chi connectivity index (χ0) is 18.1. The fourth-order valence-electron chi connectivity index (χ4n) is 2.73. The van der Waals surface area contributed by atoms with E-state index in [1.807, 2.05) is 19.1 Å². The van der Waals surface area contributed by atoms with Crippen molar-refractivity contribution in [2.45, 2.75) is 13.0 Å². The molecule has 0 bridgehead atoms. The van der Waals surface area contributed by atoms with Crippen LogP contribution in [0.15, 0.2) is 34.4 Å². The maximum Gasteiger partial charge on any atom is 0.413 e. The monoisotopic (exact) mass is 361 g/mol. The molecular weight excluding hydrogens is 344 g/mol. The molecular formula is C16H18ClN6O2+. The summed E-state index contributed by atoms with van der Waals surface area (Å²) in [6.07, 6.45) is 1.63. The fourth-order valence-corrected chi connectivity index (χ4v) is 2.86. The van der Waals surface area contributed by atoms with Crippen LogP contribution in [-0.2, 0) is 4.79 Å². The largest absolute Gasteiger partial charge is 0.413 e. The summed E-state index contributed by atoms with van der Waals surface area (Å²) in [4.78, 5) is 31.4. The Kier molecular flexibility index (Phi) is 4.54. The number of amidine groups is 1. The van der Waals surface area contributed by atoms with E-state index in [-0.39, 0.29) is 5.91 Å². The zero-order valence-corrected chi connectivity index (χ0v) is 14.9. The lowest BCUT2D eigenvalue weighted by Gasteiger charge is -2.31. The van der Waals surface area contributed by atoms with Crippen LogP contribution in [0.25, 0.3) is 0 Å². The number of amides is 3. The van der Waals surface area contributed by atoms with E-state index in [4.69, 9.17) is 11.6 Å². The van der Waals surface area contributed by atoms with Crippen molar-refractivity contribution in [3.05, 3.63) is 34.9 Å². The van der Waals surface area contributed by atoms with Gasteiger partial charge in [0.2, 0.25) is 11.9 Å². The number of rotatable bonds is 3. The van der Waals surface area contributed by atoms with Crippen LogP contribution in [0.3, 0.4) is 0 Å². The molecule has 1 aromatic carbocycles. The van der Waals surface area contributed by atoms with Gasteiger partial charge in [-0.05, 0) is 24.6 Å². The van der Waals surface area contributed by atoms with Crippen LogP contribution in [-0.4, -0.2) is 71.0 Å². The first-order chi connectivity index (χ1) is 11.9. The van der Waals surface area contributed by atoms with Gasteiger partial charge in [-0.25, -0.2) is 9.37 Å². The molecule has 3 amide bonds. The highest BCUT2D eigenvalue weighted by molar-refractivity contribution is 6.30. The van der Waals surface area contributed by atoms with Crippen molar-refractivity contribution in [1.29, 1.82) is 0 Å². The number of aliphatic imine (C=N–C) groups is 1. The first kappa shape index (κ1) is 17.1. The van der Waals surface area contributed by atoms with E-state index in [1.165, 1.54) is 11.9 Å². The van der Waals surface area contributed by atoms with Gasteiger partial charge in [-0.3, -0.25) is 14.6 Å².